The van der Waals surface area contributed by atoms with Gasteiger partial charge in [-0.1, -0.05) is 43.5 Å². The highest BCUT2D eigenvalue weighted by Crippen LogP contribution is 2.44. The van der Waals surface area contributed by atoms with E-state index in [0.29, 0.717) is 23.6 Å². The fourth-order valence-electron chi connectivity index (χ4n) is 2.94. The van der Waals surface area contributed by atoms with E-state index < -0.39 is 0 Å². The highest BCUT2D eigenvalue weighted by atomic mass is 79.9. The molecule has 1 aromatic rings. The van der Waals surface area contributed by atoms with Gasteiger partial charge in [-0.3, -0.25) is 14.5 Å². The first-order chi connectivity index (χ1) is 9.49. The number of anilines is 1. The van der Waals surface area contributed by atoms with Crippen molar-refractivity contribution in [1.29, 1.82) is 0 Å². The summed E-state index contributed by atoms with van der Waals surface area (Å²) >= 11 is 13.0. The number of rotatable bonds is 1. The number of halogens is 3. The maximum absolute atomic E-state index is 12.5. The van der Waals surface area contributed by atoms with Gasteiger partial charge >= 0.3 is 0 Å². The summed E-state index contributed by atoms with van der Waals surface area (Å²) in [5.74, 6) is -0.606. The van der Waals surface area contributed by atoms with Gasteiger partial charge in [-0.05, 0) is 37.1 Å². The number of imide groups is 1. The summed E-state index contributed by atoms with van der Waals surface area (Å²) in [6, 6.07) is 6.82. The first-order valence-electron chi connectivity index (χ1n) is 6.40. The van der Waals surface area contributed by atoms with Gasteiger partial charge in [-0.2, -0.15) is 0 Å². The van der Waals surface area contributed by atoms with Crippen LogP contribution in [0, 0.1) is 11.8 Å². The number of fused-ring (bicyclic) bond motifs is 1. The number of hydrogen-bond donors (Lipinski definition) is 0. The van der Waals surface area contributed by atoms with E-state index in [1.165, 1.54) is 4.90 Å². The lowest BCUT2D eigenvalue weighted by Gasteiger charge is -2.29. The van der Waals surface area contributed by atoms with Crippen LogP contribution < -0.4 is 4.90 Å². The Morgan fingerprint density at radius 1 is 0.950 bits per heavy atom. The van der Waals surface area contributed by atoms with Crippen LogP contribution in [0.15, 0.2) is 24.3 Å². The van der Waals surface area contributed by atoms with E-state index >= 15 is 0 Å². The van der Waals surface area contributed by atoms with Gasteiger partial charge < -0.3 is 0 Å². The molecule has 20 heavy (non-hydrogen) atoms. The zero-order chi connectivity index (χ0) is 14.4. The van der Waals surface area contributed by atoms with Gasteiger partial charge in [0.1, 0.15) is 0 Å². The van der Waals surface area contributed by atoms with Gasteiger partial charge in [0.15, 0.2) is 0 Å². The minimum Gasteiger partial charge on any atom is -0.274 e. The molecule has 106 valence electrons. The predicted molar refractivity (Wildman–Crippen MR) is 85.6 cm³/mol. The average molecular weight is 422 g/mol. The fraction of sp³-hybridized carbons (Fsp3) is 0.429. The van der Waals surface area contributed by atoms with E-state index in [4.69, 9.17) is 11.6 Å². The zero-order valence-electron chi connectivity index (χ0n) is 10.4. The molecule has 1 aromatic carbocycles. The molecule has 0 N–H and O–H groups in total. The van der Waals surface area contributed by atoms with Crippen LogP contribution in [0.1, 0.15) is 12.8 Å². The Balaban J connectivity index is 1.93. The second-order valence-corrected chi connectivity index (χ2v) is 7.99. The third-order valence-corrected chi connectivity index (χ3v) is 6.98. The molecule has 3 nitrogen and oxygen atoms in total. The molecular formula is C14H12Br2ClNO2. The van der Waals surface area contributed by atoms with E-state index in [2.05, 4.69) is 31.9 Å². The van der Waals surface area contributed by atoms with Crippen LogP contribution in [-0.2, 0) is 9.59 Å². The van der Waals surface area contributed by atoms with E-state index in [1.807, 2.05) is 0 Å². The van der Waals surface area contributed by atoms with Crippen molar-refractivity contribution in [3.63, 3.8) is 0 Å². The molecule has 0 spiro atoms. The van der Waals surface area contributed by atoms with Crippen LogP contribution in [0.5, 0.6) is 0 Å². The second kappa shape index (κ2) is 5.43. The Hall–Kier alpha value is -0.390. The van der Waals surface area contributed by atoms with Crippen LogP contribution in [0.2, 0.25) is 5.02 Å². The SMILES string of the molecule is O=C1[C@H]2C[C@H](Br)[C@@H](Br)C[C@H]2C(=O)N1c1ccc(Cl)cc1. The Morgan fingerprint density at radius 3 is 1.85 bits per heavy atom. The van der Waals surface area contributed by atoms with Crippen LogP contribution in [0.25, 0.3) is 0 Å². The van der Waals surface area contributed by atoms with Crippen molar-refractivity contribution in [3.8, 4) is 0 Å². The maximum Gasteiger partial charge on any atom is 0.237 e. The molecule has 1 heterocycles. The molecule has 0 unspecified atom stereocenters. The normalized spacial score (nSPS) is 33.5. The van der Waals surface area contributed by atoms with Crippen LogP contribution in [0.3, 0.4) is 0 Å². The fourth-order valence-corrected chi connectivity index (χ4v) is 4.30. The predicted octanol–water partition coefficient (Wildman–Crippen LogP) is 3.77. The first kappa shape index (κ1) is 14.5. The minimum absolute atomic E-state index is 0.0915. The molecule has 3 rings (SSSR count). The van der Waals surface area contributed by atoms with Crippen molar-refractivity contribution >= 4 is 61.0 Å². The van der Waals surface area contributed by atoms with Crippen LogP contribution >= 0.6 is 43.5 Å². The van der Waals surface area contributed by atoms with Crippen LogP contribution in [-0.4, -0.2) is 21.5 Å². The monoisotopic (exact) mass is 419 g/mol. The summed E-state index contributed by atoms with van der Waals surface area (Å²) in [5, 5.41) is 0.589. The van der Waals surface area contributed by atoms with Crippen molar-refractivity contribution in [2.24, 2.45) is 11.8 Å². The largest absolute Gasteiger partial charge is 0.274 e. The number of alkyl halides is 2. The van der Waals surface area contributed by atoms with Gasteiger partial charge in [0.05, 0.1) is 17.5 Å². The van der Waals surface area contributed by atoms with Crippen molar-refractivity contribution in [1.82, 2.24) is 0 Å². The summed E-state index contributed by atoms with van der Waals surface area (Å²) in [6.45, 7) is 0. The molecule has 1 saturated heterocycles. The van der Waals surface area contributed by atoms with Crippen molar-refractivity contribution in [2.45, 2.75) is 22.5 Å². The molecule has 0 aromatic heterocycles. The number of amides is 2. The highest BCUT2D eigenvalue weighted by molar-refractivity contribution is 9.12. The molecule has 6 heteroatoms. The number of carbonyl (C=O) groups is 2. The Morgan fingerprint density at radius 2 is 1.40 bits per heavy atom. The Labute approximate surface area is 138 Å². The maximum atomic E-state index is 12.5. The lowest BCUT2D eigenvalue weighted by atomic mass is 9.81. The van der Waals surface area contributed by atoms with Gasteiger partial charge in [0, 0.05) is 14.7 Å². The minimum atomic E-state index is -0.212. The molecular weight excluding hydrogens is 409 g/mol. The quantitative estimate of drug-likeness (QED) is 0.511. The molecule has 1 saturated carbocycles. The third kappa shape index (κ3) is 2.34. The zero-order valence-corrected chi connectivity index (χ0v) is 14.4. The summed E-state index contributed by atoms with van der Waals surface area (Å²) in [7, 11) is 0. The van der Waals surface area contributed by atoms with E-state index in [-0.39, 0.29) is 33.3 Å². The first-order valence-corrected chi connectivity index (χ1v) is 8.61. The lowest BCUT2D eigenvalue weighted by Crippen LogP contribution is -2.34. The Bertz CT molecular complexity index is 535. The number of carbonyl (C=O) groups excluding carboxylic acids is 2. The van der Waals surface area contributed by atoms with Gasteiger partial charge in [0.25, 0.3) is 0 Å². The van der Waals surface area contributed by atoms with E-state index in [1.54, 1.807) is 24.3 Å². The summed E-state index contributed by atoms with van der Waals surface area (Å²) < 4.78 is 0. The van der Waals surface area contributed by atoms with Gasteiger partial charge in [-0.15, -0.1) is 0 Å². The average Bonchev–Trinajstić information content (AvgIpc) is 2.65. The van der Waals surface area contributed by atoms with Gasteiger partial charge in [-0.25, -0.2) is 0 Å². The molecule has 4 atom stereocenters. The smallest absolute Gasteiger partial charge is 0.237 e. The van der Waals surface area contributed by atoms with Gasteiger partial charge in [0.2, 0.25) is 11.8 Å². The molecule has 2 fully saturated rings. The third-order valence-electron chi connectivity index (χ3n) is 4.00. The summed E-state index contributed by atoms with van der Waals surface area (Å²) in [5.41, 5.74) is 0.607. The van der Waals surface area contributed by atoms with Crippen molar-refractivity contribution in [3.05, 3.63) is 29.3 Å². The molecule has 1 aliphatic heterocycles. The highest BCUT2D eigenvalue weighted by Gasteiger charge is 2.52. The summed E-state index contributed by atoms with van der Waals surface area (Å²) in [6.07, 6.45) is 1.38. The number of nitrogens with zero attached hydrogens (tertiary/aromatic N) is 1. The van der Waals surface area contributed by atoms with E-state index in [0.717, 1.165) is 0 Å². The lowest BCUT2D eigenvalue weighted by molar-refractivity contribution is -0.122. The number of benzene rings is 1. The molecule has 1 aliphatic carbocycles. The second-order valence-electron chi connectivity index (χ2n) is 5.20. The van der Waals surface area contributed by atoms with Crippen LogP contribution in [0.4, 0.5) is 5.69 Å². The molecule has 0 radical (unpaired) electrons. The summed E-state index contributed by atoms with van der Waals surface area (Å²) in [4.78, 5) is 26.8. The van der Waals surface area contributed by atoms with Crippen molar-refractivity contribution < 1.29 is 9.59 Å². The standard InChI is InChI=1S/C14H12Br2ClNO2/c15-11-5-9-10(6-12(11)16)14(20)18(13(9)19)8-3-1-7(17)2-4-8/h1-4,9-12H,5-6H2/t9-,10+,11-,12-/m0/s1. The van der Waals surface area contributed by atoms with Crippen molar-refractivity contribution in [2.75, 3.05) is 4.90 Å². The van der Waals surface area contributed by atoms with E-state index in [9.17, 15) is 9.59 Å². The number of hydrogen-bond acceptors (Lipinski definition) is 2. The Kier molecular flexibility index (Phi) is 3.95. The topological polar surface area (TPSA) is 37.4 Å². The molecule has 0 bridgehead atoms. The molecule has 2 amide bonds. The molecule has 2 aliphatic rings.